The van der Waals surface area contributed by atoms with E-state index in [1.807, 2.05) is 0 Å². The largest absolute Gasteiger partial charge is 0.311 e. The van der Waals surface area contributed by atoms with Gasteiger partial charge in [-0.1, -0.05) is 130 Å². The minimum Gasteiger partial charge on any atom is -0.311 e. The first kappa shape index (κ1) is 45.2. The molecule has 0 saturated heterocycles. The summed E-state index contributed by atoms with van der Waals surface area (Å²) < 4.78 is 0. The SMILES string of the molecule is Cc1ccc(N(c2ccc(C)cc2)c2ccc(N(c3ccc(C)cc3)c3ccc(-c4ccc(N(c5ccc(C)cc5)c5ccc(N(c6ccc(C)cc6)c6ccc(C)cc6)cc5)cc4)cc3)cc2)cc1. The van der Waals surface area contributed by atoms with Gasteiger partial charge in [0.15, 0.2) is 0 Å². The van der Waals surface area contributed by atoms with Crippen molar-refractivity contribution in [1.29, 1.82) is 0 Å². The van der Waals surface area contributed by atoms with Crippen LogP contribution in [-0.4, -0.2) is 0 Å². The molecule has 0 heterocycles. The van der Waals surface area contributed by atoms with Crippen LogP contribution in [0.1, 0.15) is 33.4 Å². The fourth-order valence-electron chi connectivity index (χ4n) is 9.06. The Kier molecular flexibility index (Phi) is 12.9. The maximum Gasteiger partial charge on any atom is 0.0463 e. The van der Waals surface area contributed by atoms with Gasteiger partial charge < -0.3 is 19.6 Å². The van der Waals surface area contributed by atoms with Gasteiger partial charge in [-0.15, -0.1) is 0 Å². The maximum atomic E-state index is 2.34. The third kappa shape index (κ3) is 9.85. The zero-order valence-corrected chi connectivity index (χ0v) is 40.9. The average molecular weight is 907 g/mol. The molecule has 4 heteroatoms. The fourth-order valence-corrected chi connectivity index (χ4v) is 9.06. The Bertz CT molecular complexity index is 2970. The van der Waals surface area contributed by atoms with Crippen LogP contribution in [0, 0.1) is 41.5 Å². The minimum absolute atomic E-state index is 1.08. The minimum atomic E-state index is 1.08. The molecule has 0 aliphatic heterocycles. The first-order valence-corrected chi connectivity index (χ1v) is 24.1. The van der Waals surface area contributed by atoms with E-state index in [1.54, 1.807) is 0 Å². The summed E-state index contributed by atoms with van der Waals surface area (Å²) in [5, 5.41) is 0. The molecule has 0 bridgehead atoms. The summed E-state index contributed by atoms with van der Waals surface area (Å²) in [7, 11) is 0. The molecule has 0 atom stereocenters. The number of benzene rings is 10. The van der Waals surface area contributed by atoms with Gasteiger partial charge in [-0.2, -0.15) is 0 Å². The predicted molar refractivity (Wildman–Crippen MR) is 299 cm³/mol. The van der Waals surface area contributed by atoms with Crippen LogP contribution in [0.3, 0.4) is 0 Å². The van der Waals surface area contributed by atoms with Gasteiger partial charge in [-0.05, 0) is 198 Å². The summed E-state index contributed by atoms with van der Waals surface area (Å²) in [5.41, 5.74) is 22.9. The van der Waals surface area contributed by atoms with Crippen molar-refractivity contribution in [2.75, 3.05) is 19.6 Å². The molecule has 4 nitrogen and oxygen atoms in total. The zero-order valence-electron chi connectivity index (χ0n) is 40.9. The van der Waals surface area contributed by atoms with Gasteiger partial charge in [0.25, 0.3) is 0 Å². The van der Waals surface area contributed by atoms with Crippen molar-refractivity contribution in [3.63, 3.8) is 0 Å². The van der Waals surface area contributed by atoms with Crippen molar-refractivity contribution in [3.05, 3.63) is 276 Å². The Morgan fingerprint density at radius 1 is 0.143 bits per heavy atom. The third-order valence-corrected chi connectivity index (χ3v) is 13.1. The molecule has 70 heavy (non-hydrogen) atoms. The van der Waals surface area contributed by atoms with Crippen molar-refractivity contribution in [2.24, 2.45) is 0 Å². The number of rotatable bonds is 13. The van der Waals surface area contributed by atoms with E-state index < -0.39 is 0 Å². The van der Waals surface area contributed by atoms with Crippen LogP contribution in [0.5, 0.6) is 0 Å². The molecule has 0 radical (unpaired) electrons. The normalized spacial score (nSPS) is 11.0. The Morgan fingerprint density at radius 3 is 0.371 bits per heavy atom. The second kappa shape index (κ2) is 19.9. The molecule has 0 fully saturated rings. The van der Waals surface area contributed by atoms with Crippen LogP contribution < -0.4 is 19.6 Å². The van der Waals surface area contributed by atoms with Crippen molar-refractivity contribution in [2.45, 2.75) is 41.5 Å². The monoisotopic (exact) mass is 906 g/mol. The summed E-state index contributed by atoms with van der Waals surface area (Å²) in [6, 6.07) is 88.3. The van der Waals surface area contributed by atoms with Gasteiger partial charge in [0.1, 0.15) is 0 Å². The molecule has 10 aromatic rings. The van der Waals surface area contributed by atoms with Crippen LogP contribution in [0.4, 0.5) is 68.2 Å². The standard InChI is InChI=1S/C66H58N4/c1-47-7-23-55(24-8-47)67(56-25-9-48(2)10-26-56)63-39-43-65(44-40-63)69(59-31-15-51(5)16-32-59)61-35-19-53(20-36-61)54-21-37-62(38-22-54)70(60-33-17-52(6)18-34-60)66-45-41-64(42-46-66)68(57-27-11-49(3)12-28-57)58-29-13-50(4)14-30-58/h7-46H,1-6H3. The summed E-state index contributed by atoms with van der Waals surface area (Å²) in [6.07, 6.45) is 0. The second-order valence-corrected chi connectivity index (χ2v) is 18.5. The van der Waals surface area contributed by atoms with Crippen molar-refractivity contribution >= 4 is 68.2 Å². The first-order valence-electron chi connectivity index (χ1n) is 24.1. The van der Waals surface area contributed by atoms with Crippen LogP contribution in [0.2, 0.25) is 0 Å². The van der Waals surface area contributed by atoms with Crippen LogP contribution in [0.25, 0.3) is 11.1 Å². The number of nitrogens with zero attached hydrogens (tertiary/aromatic N) is 4. The number of hydrogen-bond acceptors (Lipinski definition) is 4. The Labute approximate surface area is 414 Å². The van der Waals surface area contributed by atoms with E-state index in [0.717, 1.165) is 79.4 Å². The van der Waals surface area contributed by atoms with Crippen molar-refractivity contribution in [3.8, 4) is 11.1 Å². The molecule has 0 N–H and O–H groups in total. The lowest BCUT2D eigenvalue weighted by Crippen LogP contribution is -2.12. The molecule has 10 rings (SSSR count). The Morgan fingerprint density at radius 2 is 0.243 bits per heavy atom. The molecule has 0 aliphatic rings. The Balaban J connectivity index is 0.945. The first-order chi connectivity index (χ1) is 34.1. The van der Waals surface area contributed by atoms with Crippen LogP contribution in [-0.2, 0) is 0 Å². The molecule has 0 aromatic heterocycles. The van der Waals surface area contributed by atoms with E-state index in [1.165, 1.54) is 33.4 Å². The van der Waals surface area contributed by atoms with E-state index >= 15 is 0 Å². The summed E-state index contributed by atoms with van der Waals surface area (Å²) in [5.74, 6) is 0. The lowest BCUT2D eigenvalue weighted by molar-refractivity contribution is 1.24. The molecule has 0 amide bonds. The van der Waals surface area contributed by atoms with E-state index in [4.69, 9.17) is 0 Å². The molecule has 0 saturated carbocycles. The Hall–Kier alpha value is -8.60. The molecular weight excluding hydrogens is 849 g/mol. The van der Waals surface area contributed by atoms with Crippen molar-refractivity contribution < 1.29 is 0 Å². The van der Waals surface area contributed by atoms with E-state index in [0.29, 0.717) is 0 Å². The lowest BCUT2D eigenvalue weighted by atomic mass is 10.0. The third-order valence-electron chi connectivity index (χ3n) is 13.1. The van der Waals surface area contributed by atoms with Gasteiger partial charge in [0, 0.05) is 68.2 Å². The van der Waals surface area contributed by atoms with Gasteiger partial charge in [-0.25, -0.2) is 0 Å². The molecular formula is C66H58N4. The van der Waals surface area contributed by atoms with E-state index in [-0.39, 0.29) is 0 Å². The molecule has 342 valence electrons. The topological polar surface area (TPSA) is 13.0 Å². The molecule has 0 unspecified atom stereocenters. The smallest absolute Gasteiger partial charge is 0.0463 e. The van der Waals surface area contributed by atoms with E-state index in [2.05, 4.69) is 304 Å². The number of aryl methyl sites for hydroxylation is 6. The van der Waals surface area contributed by atoms with Crippen LogP contribution >= 0.6 is 0 Å². The maximum absolute atomic E-state index is 2.34. The van der Waals surface area contributed by atoms with E-state index in [9.17, 15) is 0 Å². The fraction of sp³-hybridized carbons (Fsp3) is 0.0909. The summed E-state index contributed by atoms with van der Waals surface area (Å²) in [6.45, 7) is 12.8. The highest BCUT2D eigenvalue weighted by atomic mass is 15.2. The highest BCUT2D eigenvalue weighted by Crippen LogP contribution is 2.42. The molecule has 10 aromatic carbocycles. The van der Waals surface area contributed by atoms with Crippen molar-refractivity contribution in [1.82, 2.24) is 0 Å². The molecule has 0 aliphatic carbocycles. The average Bonchev–Trinajstić information content (AvgIpc) is 3.39. The van der Waals surface area contributed by atoms with Crippen LogP contribution in [0.15, 0.2) is 243 Å². The van der Waals surface area contributed by atoms with Gasteiger partial charge >= 0.3 is 0 Å². The summed E-state index contributed by atoms with van der Waals surface area (Å²) in [4.78, 5) is 9.32. The number of anilines is 12. The highest BCUT2D eigenvalue weighted by Gasteiger charge is 2.19. The van der Waals surface area contributed by atoms with Gasteiger partial charge in [-0.3, -0.25) is 0 Å². The molecule has 0 spiro atoms. The second-order valence-electron chi connectivity index (χ2n) is 18.5. The number of hydrogen-bond donors (Lipinski definition) is 0. The summed E-state index contributed by atoms with van der Waals surface area (Å²) >= 11 is 0. The van der Waals surface area contributed by atoms with Gasteiger partial charge in [0.2, 0.25) is 0 Å². The highest BCUT2D eigenvalue weighted by molar-refractivity contribution is 5.84. The quantitative estimate of drug-likeness (QED) is 0.114. The zero-order chi connectivity index (χ0) is 48.1. The predicted octanol–water partition coefficient (Wildman–Crippen LogP) is 19.1. The van der Waals surface area contributed by atoms with Gasteiger partial charge in [0.05, 0.1) is 0 Å². The lowest BCUT2D eigenvalue weighted by Gasteiger charge is -2.29.